The summed E-state index contributed by atoms with van der Waals surface area (Å²) in [5.41, 5.74) is 3.05. The van der Waals surface area contributed by atoms with Crippen LogP contribution in [0.25, 0.3) is 0 Å². The summed E-state index contributed by atoms with van der Waals surface area (Å²) < 4.78 is 5.41. The molecule has 0 aliphatic carbocycles. The van der Waals surface area contributed by atoms with Crippen LogP contribution < -0.4 is 15.5 Å². The van der Waals surface area contributed by atoms with Gasteiger partial charge in [0.05, 0.1) is 0 Å². The Balaban J connectivity index is 1.37. The molecule has 0 bridgehead atoms. The molecule has 2 aliphatic rings. The third-order valence-corrected chi connectivity index (χ3v) is 5.71. The monoisotopic (exact) mass is 407 g/mol. The van der Waals surface area contributed by atoms with E-state index in [1.807, 2.05) is 12.1 Å². The summed E-state index contributed by atoms with van der Waals surface area (Å²) in [6, 6.07) is 15.0. The molecular formula is C24H29N3O3. The standard InChI is InChI=1S/C24H29N3O3/c28-23(18-7-5-8-20(17-18)26-24(29)22-9-6-16-30-22)25-19-10-12-21(13-11-19)27-14-3-1-2-4-15-27/h5,7-8,10-13,17,22H,1-4,6,9,14-16H2,(H,25,28)(H,26,29). The van der Waals surface area contributed by atoms with Gasteiger partial charge in [-0.15, -0.1) is 0 Å². The number of hydrogen-bond donors (Lipinski definition) is 2. The van der Waals surface area contributed by atoms with Gasteiger partial charge in [0, 0.05) is 42.3 Å². The molecule has 0 radical (unpaired) electrons. The first-order valence-corrected chi connectivity index (χ1v) is 10.9. The molecule has 2 aliphatic heterocycles. The largest absolute Gasteiger partial charge is 0.372 e. The van der Waals surface area contributed by atoms with Crippen LogP contribution in [-0.4, -0.2) is 37.6 Å². The van der Waals surface area contributed by atoms with Gasteiger partial charge < -0.3 is 20.3 Å². The normalized spacial score (nSPS) is 19.2. The van der Waals surface area contributed by atoms with Gasteiger partial charge in [-0.2, -0.15) is 0 Å². The van der Waals surface area contributed by atoms with Gasteiger partial charge in [0.25, 0.3) is 11.8 Å². The van der Waals surface area contributed by atoms with Crippen LogP contribution in [0.1, 0.15) is 48.9 Å². The highest BCUT2D eigenvalue weighted by molar-refractivity contribution is 6.05. The zero-order valence-electron chi connectivity index (χ0n) is 17.2. The average Bonchev–Trinajstić information content (AvgIpc) is 3.18. The van der Waals surface area contributed by atoms with Gasteiger partial charge in [-0.3, -0.25) is 9.59 Å². The van der Waals surface area contributed by atoms with Crippen LogP contribution in [0.3, 0.4) is 0 Å². The first-order valence-electron chi connectivity index (χ1n) is 10.9. The molecule has 30 heavy (non-hydrogen) atoms. The second-order valence-electron chi connectivity index (χ2n) is 7.97. The zero-order chi connectivity index (χ0) is 20.8. The Hall–Kier alpha value is -2.86. The summed E-state index contributed by atoms with van der Waals surface area (Å²) in [5, 5.41) is 5.78. The van der Waals surface area contributed by atoms with E-state index in [9.17, 15) is 9.59 Å². The molecule has 2 aromatic rings. The van der Waals surface area contributed by atoms with Crippen LogP contribution in [0.15, 0.2) is 48.5 Å². The Bertz CT molecular complexity index is 868. The molecule has 2 saturated heterocycles. The number of ether oxygens (including phenoxy) is 1. The average molecular weight is 408 g/mol. The summed E-state index contributed by atoms with van der Waals surface area (Å²) in [5.74, 6) is -0.361. The summed E-state index contributed by atoms with van der Waals surface area (Å²) in [6.45, 7) is 2.81. The van der Waals surface area contributed by atoms with E-state index in [2.05, 4.69) is 27.7 Å². The highest BCUT2D eigenvalue weighted by Crippen LogP contribution is 2.22. The second kappa shape index (κ2) is 9.76. The lowest BCUT2D eigenvalue weighted by atomic mass is 10.1. The molecule has 1 unspecified atom stereocenters. The third kappa shape index (κ3) is 5.19. The molecule has 2 aromatic carbocycles. The molecular weight excluding hydrogens is 378 g/mol. The smallest absolute Gasteiger partial charge is 0.255 e. The first kappa shape index (κ1) is 20.4. The Morgan fingerprint density at radius 3 is 2.33 bits per heavy atom. The van der Waals surface area contributed by atoms with Gasteiger partial charge in [-0.05, 0) is 68.1 Å². The summed E-state index contributed by atoms with van der Waals surface area (Å²) in [4.78, 5) is 27.3. The summed E-state index contributed by atoms with van der Waals surface area (Å²) in [7, 11) is 0. The van der Waals surface area contributed by atoms with Crippen molar-refractivity contribution < 1.29 is 14.3 Å². The van der Waals surface area contributed by atoms with E-state index < -0.39 is 6.10 Å². The Kier molecular flexibility index (Phi) is 6.64. The fraction of sp³-hybridized carbons (Fsp3) is 0.417. The van der Waals surface area contributed by atoms with Crippen LogP contribution in [0.4, 0.5) is 17.1 Å². The quantitative estimate of drug-likeness (QED) is 0.769. The van der Waals surface area contributed by atoms with Crippen molar-refractivity contribution in [2.45, 2.75) is 44.6 Å². The molecule has 158 valence electrons. The Morgan fingerprint density at radius 2 is 1.63 bits per heavy atom. The summed E-state index contributed by atoms with van der Waals surface area (Å²) in [6.07, 6.45) is 6.31. The topological polar surface area (TPSA) is 70.7 Å². The van der Waals surface area contributed by atoms with Gasteiger partial charge in [0.2, 0.25) is 0 Å². The number of anilines is 3. The Morgan fingerprint density at radius 1 is 0.867 bits per heavy atom. The van der Waals surface area contributed by atoms with E-state index in [0.717, 1.165) is 31.6 Å². The number of carbonyl (C=O) groups is 2. The zero-order valence-corrected chi connectivity index (χ0v) is 17.2. The molecule has 1 atom stereocenters. The lowest BCUT2D eigenvalue weighted by molar-refractivity contribution is -0.124. The van der Waals surface area contributed by atoms with Crippen LogP contribution >= 0.6 is 0 Å². The molecule has 0 spiro atoms. The molecule has 0 aromatic heterocycles. The van der Waals surface area contributed by atoms with Crippen molar-refractivity contribution in [1.29, 1.82) is 0 Å². The van der Waals surface area contributed by atoms with Crippen LogP contribution in [0.5, 0.6) is 0 Å². The SMILES string of the molecule is O=C(Nc1ccc(N2CCCCCC2)cc1)c1cccc(NC(=O)C2CCCO2)c1. The van der Waals surface area contributed by atoms with Gasteiger partial charge in [-0.25, -0.2) is 0 Å². The molecule has 0 saturated carbocycles. The van der Waals surface area contributed by atoms with E-state index in [4.69, 9.17) is 4.74 Å². The Labute approximate surface area is 177 Å². The molecule has 2 fully saturated rings. The van der Waals surface area contributed by atoms with E-state index >= 15 is 0 Å². The molecule has 6 heteroatoms. The number of hydrogen-bond acceptors (Lipinski definition) is 4. The van der Waals surface area contributed by atoms with E-state index in [-0.39, 0.29) is 11.8 Å². The number of nitrogens with zero attached hydrogens (tertiary/aromatic N) is 1. The first-order chi connectivity index (χ1) is 14.7. The van der Waals surface area contributed by atoms with Crippen molar-refractivity contribution in [2.24, 2.45) is 0 Å². The van der Waals surface area contributed by atoms with Crippen molar-refractivity contribution in [3.8, 4) is 0 Å². The maximum absolute atomic E-state index is 12.7. The number of benzene rings is 2. The van der Waals surface area contributed by atoms with E-state index in [1.165, 1.54) is 31.4 Å². The fourth-order valence-electron chi connectivity index (χ4n) is 4.03. The van der Waals surface area contributed by atoms with Crippen molar-refractivity contribution >= 4 is 28.9 Å². The number of carbonyl (C=O) groups excluding carboxylic acids is 2. The number of rotatable bonds is 5. The second-order valence-corrected chi connectivity index (χ2v) is 7.97. The van der Waals surface area contributed by atoms with Gasteiger partial charge in [0.1, 0.15) is 6.10 Å². The number of nitrogens with one attached hydrogen (secondary N) is 2. The molecule has 6 nitrogen and oxygen atoms in total. The minimum absolute atomic E-state index is 0.158. The predicted molar refractivity (Wildman–Crippen MR) is 119 cm³/mol. The maximum atomic E-state index is 12.7. The minimum Gasteiger partial charge on any atom is -0.372 e. The van der Waals surface area contributed by atoms with E-state index in [1.54, 1.807) is 24.3 Å². The van der Waals surface area contributed by atoms with Crippen molar-refractivity contribution in [2.75, 3.05) is 35.2 Å². The lowest BCUT2D eigenvalue weighted by Gasteiger charge is -2.22. The highest BCUT2D eigenvalue weighted by atomic mass is 16.5. The number of amides is 2. The van der Waals surface area contributed by atoms with Crippen LogP contribution in [0, 0.1) is 0 Å². The predicted octanol–water partition coefficient (Wildman–Crippen LogP) is 4.44. The molecule has 2 N–H and O–H groups in total. The van der Waals surface area contributed by atoms with Crippen molar-refractivity contribution in [3.05, 3.63) is 54.1 Å². The molecule has 2 heterocycles. The highest BCUT2D eigenvalue weighted by Gasteiger charge is 2.23. The third-order valence-electron chi connectivity index (χ3n) is 5.71. The van der Waals surface area contributed by atoms with E-state index in [0.29, 0.717) is 17.9 Å². The van der Waals surface area contributed by atoms with Crippen LogP contribution in [-0.2, 0) is 9.53 Å². The lowest BCUT2D eigenvalue weighted by Crippen LogP contribution is -2.27. The minimum atomic E-state index is -0.398. The molecule has 2 amide bonds. The van der Waals surface area contributed by atoms with Crippen molar-refractivity contribution in [3.63, 3.8) is 0 Å². The maximum Gasteiger partial charge on any atom is 0.255 e. The summed E-state index contributed by atoms with van der Waals surface area (Å²) >= 11 is 0. The van der Waals surface area contributed by atoms with Crippen LogP contribution in [0.2, 0.25) is 0 Å². The molecule has 4 rings (SSSR count). The van der Waals surface area contributed by atoms with Gasteiger partial charge >= 0.3 is 0 Å². The van der Waals surface area contributed by atoms with Gasteiger partial charge in [-0.1, -0.05) is 18.9 Å². The van der Waals surface area contributed by atoms with Gasteiger partial charge in [0.15, 0.2) is 0 Å². The van der Waals surface area contributed by atoms with Crippen molar-refractivity contribution in [1.82, 2.24) is 0 Å². The fourth-order valence-corrected chi connectivity index (χ4v) is 4.03.